The molecule has 1 rings (SSSR count). The molecule has 0 aromatic heterocycles. The van der Waals surface area contributed by atoms with Gasteiger partial charge in [0.15, 0.2) is 0 Å². The van der Waals surface area contributed by atoms with Crippen molar-refractivity contribution in [2.45, 2.75) is 46.1 Å². The van der Waals surface area contributed by atoms with Gasteiger partial charge >= 0.3 is 0 Å². The molecule has 5 heteroatoms. The molecule has 0 saturated carbocycles. The molecular formula is C15H24N2O3. The smallest absolute Gasteiger partial charge is 0.269 e. The second kappa shape index (κ2) is 8.53. The highest BCUT2D eigenvalue weighted by Gasteiger charge is 2.14. The largest absolute Gasteiger partial charge is 0.392 e. The van der Waals surface area contributed by atoms with Crippen molar-refractivity contribution in [3.8, 4) is 0 Å². The van der Waals surface area contributed by atoms with Gasteiger partial charge in [0.05, 0.1) is 11.5 Å². The Labute approximate surface area is 120 Å². The topological polar surface area (TPSA) is 66.6 Å². The Morgan fingerprint density at radius 1 is 1.20 bits per heavy atom. The van der Waals surface area contributed by atoms with Crippen LogP contribution in [0.3, 0.4) is 0 Å². The first kappa shape index (κ1) is 16.4. The van der Waals surface area contributed by atoms with Gasteiger partial charge in [-0.1, -0.05) is 26.7 Å². The lowest BCUT2D eigenvalue weighted by molar-refractivity contribution is -0.384. The lowest BCUT2D eigenvalue weighted by Crippen LogP contribution is -2.26. The molecule has 0 unspecified atom stereocenters. The van der Waals surface area contributed by atoms with Crippen molar-refractivity contribution < 1.29 is 10.0 Å². The molecule has 0 atom stereocenters. The van der Waals surface area contributed by atoms with Crippen molar-refractivity contribution in [2.24, 2.45) is 0 Å². The number of nitro benzene ring substituents is 1. The van der Waals surface area contributed by atoms with Crippen LogP contribution in [0, 0.1) is 10.1 Å². The van der Waals surface area contributed by atoms with E-state index in [2.05, 4.69) is 18.7 Å². The third-order valence-electron chi connectivity index (χ3n) is 3.35. The number of benzene rings is 1. The second-order valence-electron chi connectivity index (χ2n) is 4.92. The molecule has 0 aliphatic carbocycles. The maximum Gasteiger partial charge on any atom is 0.269 e. The average molecular weight is 280 g/mol. The van der Waals surface area contributed by atoms with Gasteiger partial charge in [-0.2, -0.15) is 0 Å². The van der Waals surface area contributed by atoms with Gasteiger partial charge in [-0.15, -0.1) is 0 Å². The van der Waals surface area contributed by atoms with Crippen LogP contribution in [0.15, 0.2) is 18.2 Å². The fourth-order valence-corrected chi connectivity index (χ4v) is 2.17. The molecule has 0 aliphatic heterocycles. The molecule has 20 heavy (non-hydrogen) atoms. The first-order valence-electron chi connectivity index (χ1n) is 7.27. The first-order chi connectivity index (χ1) is 9.63. The summed E-state index contributed by atoms with van der Waals surface area (Å²) in [5, 5.41) is 20.3. The van der Waals surface area contributed by atoms with Gasteiger partial charge in [-0.05, 0) is 18.9 Å². The third kappa shape index (κ3) is 4.49. The van der Waals surface area contributed by atoms with E-state index in [0.717, 1.165) is 44.5 Å². The molecule has 0 radical (unpaired) electrons. The van der Waals surface area contributed by atoms with Gasteiger partial charge in [-0.25, -0.2) is 0 Å². The molecule has 112 valence electrons. The summed E-state index contributed by atoms with van der Waals surface area (Å²) >= 11 is 0. The van der Waals surface area contributed by atoms with Crippen molar-refractivity contribution in [1.82, 2.24) is 0 Å². The Morgan fingerprint density at radius 2 is 1.80 bits per heavy atom. The zero-order valence-electron chi connectivity index (χ0n) is 12.3. The van der Waals surface area contributed by atoms with Crippen molar-refractivity contribution in [2.75, 3.05) is 18.0 Å². The summed E-state index contributed by atoms with van der Waals surface area (Å²) in [6.45, 7) is 5.94. The number of nitro groups is 1. The standard InChI is InChI=1S/C15H24N2O3/c1-3-5-9-16(10-6-4-2)15-8-7-14(17(19)20)11-13(15)12-18/h7-8,11,18H,3-6,9-10,12H2,1-2H3. The van der Waals surface area contributed by atoms with E-state index in [4.69, 9.17) is 0 Å². The van der Waals surface area contributed by atoms with E-state index in [1.165, 1.54) is 12.1 Å². The van der Waals surface area contributed by atoms with Crippen molar-refractivity contribution >= 4 is 11.4 Å². The minimum atomic E-state index is -0.425. The van der Waals surface area contributed by atoms with Crippen LogP contribution < -0.4 is 4.90 Å². The summed E-state index contributed by atoms with van der Waals surface area (Å²) in [6.07, 6.45) is 4.35. The van der Waals surface area contributed by atoms with Crippen LogP contribution >= 0.6 is 0 Å². The number of rotatable bonds is 9. The number of aliphatic hydroxyl groups excluding tert-OH is 1. The van der Waals surface area contributed by atoms with E-state index >= 15 is 0 Å². The molecule has 5 nitrogen and oxygen atoms in total. The maximum atomic E-state index is 10.8. The Bertz CT molecular complexity index is 427. The van der Waals surface area contributed by atoms with Crippen LogP contribution in [0.5, 0.6) is 0 Å². The SMILES string of the molecule is CCCCN(CCCC)c1ccc([N+](=O)[O-])cc1CO. The monoisotopic (exact) mass is 280 g/mol. The molecule has 1 N–H and O–H groups in total. The predicted molar refractivity (Wildman–Crippen MR) is 81.0 cm³/mol. The normalized spacial score (nSPS) is 10.6. The Morgan fingerprint density at radius 3 is 2.25 bits per heavy atom. The lowest BCUT2D eigenvalue weighted by atomic mass is 10.1. The summed E-state index contributed by atoms with van der Waals surface area (Å²) in [6, 6.07) is 4.74. The molecule has 0 fully saturated rings. The maximum absolute atomic E-state index is 10.8. The third-order valence-corrected chi connectivity index (χ3v) is 3.35. The molecule has 0 aliphatic rings. The highest BCUT2D eigenvalue weighted by atomic mass is 16.6. The number of anilines is 1. The first-order valence-corrected chi connectivity index (χ1v) is 7.27. The van der Waals surface area contributed by atoms with E-state index in [0.29, 0.717) is 5.56 Å². The van der Waals surface area contributed by atoms with Crippen LogP contribution in [-0.2, 0) is 6.61 Å². The van der Waals surface area contributed by atoms with Gasteiger partial charge in [0, 0.05) is 36.5 Å². The number of unbranched alkanes of at least 4 members (excludes halogenated alkanes) is 2. The molecule has 1 aromatic rings. The Balaban J connectivity index is 3.00. The molecule has 0 amide bonds. The van der Waals surface area contributed by atoms with E-state index in [1.54, 1.807) is 6.07 Å². The van der Waals surface area contributed by atoms with Crippen LogP contribution in [0.4, 0.5) is 11.4 Å². The van der Waals surface area contributed by atoms with Crippen molar-refractivity contribution in [3.05, 3.63) is 33.9 Å². The lowest BCUT2D eigenvalue weighted by Gasteiger charge is -2.26. The van der Waals surface area contributed by atoms with Gasteiger partial charge < -0.3 is 10.0 Å². The van der Waals surface area contributed by atoms with Gasteiger partial charge in [0.2, 0.25) is 0 Å². The molecule has 0 bridgehead atoms. The van der Waals surface area contributed by atoms with E-state index < -0.39 is 4.92 Å². The average Bonchev–Trinajstić information content (AvgIpc) is 2.47. The van der Waals surface area contributed by atoms with Gasteiger partial charge in [-0.3, -0.25) is 10.1 Å². The molecule has 0 heterocycles. The van der Waals surface area contributed by atoms with Crippen molar-refractivity contribution in [1.29, 1.82) is 0 Å². The summed E-state index contributed by atoms with van der Waals surface area (Å²) in [5.41, 5.74) is 1.58. The molecule has 1 aromatic carbocycles. The van der Waals surface area contributed by atoms with Crippen LogP contribution in [0.25, 0.3) is 0 Å². The molecule has 0 saturated heterocycles. The zero-order valence-corrected chi connectivity index (χ0v) is 12.3. The quantitative estimate of drug-likeness (QED) is 0.555. The van der Waals surface area contributed by atoms with Crippen LogP contribution in [0.2, 0.25) is 0 Å². The summed E-state index contributed by atoms with van der Waals surface area (Å²) in [4.78, 5) is 12.6. The number of hydrogen-bond acceptors (Lipinski definition) is 4. The van der Waals surface area contributed by atoms with Gasteiger partial charge in [0.25, 0.3) is 5.69 Å². The summed E-state index contributed by atoms with van der Waals surface area (Å²) in [7, 11) is 0. The fourth-order valence-electron chi connectivity index (χ4n) is 2.17. The fraction of sp³-hybridized carbons (Fsp3) is 0.600. The van der Waals surface area contributed by atoms with E-state index in [-0.39, 0.29) is 12.3 Å². The van der Waals surface area contributed by atoms with Gasteiger partial charge in [0.1, 0.15) is 0 Å². The predicted octanol–water partition coefficient (Wildman–Crippen LogP) is 3.49. The van der Waals surface area contributed by atoms with Crippen LogP contribution in [0.1, 0.15) is 45.1 Å². The number of nitrogens with zero attached hydrogens (tertiary/aromatic N) is 2. The molecule has 0 spiro atoms. The van der Waals surface area contributed by atoms with Crippen LogP contribution in [-0.4, -0.2) is 23.1 Å². The minimum Gasteiger partial charge on any atom is -0.392 e. The highest BCUT2D eigenvalue weighted by Crippen LogP contribution is 2.26. The van der Waals surface area contributed by atoms with Crippen molar-refractivity contribution in [3.63, 3.8) is 0 Å². The second-order valence-corrected chi connectivity index (χ2v) is 4.92. The summed E-state index contributed by atoms with van der Waals surface area (Å²) in [5.74, 6) is 0. The molecular weight excluding hydrogens is 256 g/mol. The minimum absolute atomic E-state index is 0.0312. The highest BCUT2D eigenvalue weighted by molar-refractivity contribution is 5.57. The number of hydrogen-bond donors (Lipinski definition) is 1. The van der Waals surface area contributed by atoms with E-state index in [1.807, 2.05) is 0 Å². The Hall–Kier alpha value is -1.62. The van der Waals surface area contributed by atoms with E-state index in [9.17, 15) is 15.2 Å². The number of aliphatic hydroxyl groups is 1. The number of non-ortho nitro benzene ring substituents is 1. The zero-order chi connectivity index (χ0) is 15.0. The summed E-state index contributed by atoms with van der Waals surface area (Å²) < 4.78 is 0. The Kier molecular flexibility index (Phi) is 7.01.